The molecule has 0 aliphatic carbocycles. The van der Waals surface area contributed by atoms with Crippen molar-refractivity contribution in [3.8, 4) is 0 Å². The summed E-state index contributed by atoms with van der Waals surface area (Å²) in [7, 11) is 0. The molecule has 154 valence electrons. The fraction of sp³-hybridized carbons (Fsp3) is 0.565. The van der Waals surface area contributed by atoms with E-state index in [1.165, 1.54) is 11.1 Å². The molecule has 2 N–H and O–H groups in total. The fourth-order valence-corrected chi connectivity index (χ4v) is 4.02. The number of fused-ring (bicyclic) bond motifs is 1. The number of allylic oxidation sites excluding steroid dienone is 5. The first-order valence-corrected chi connectivity index (χ1v) is 10.2. The molecule has 0 saturated carbocycles. The van der Waals surface area contributed by atoms with Crippen molar-refractivity contribution in [3.05, 3.63) is 59.6 Å². The van der Waals surface area contributed by atoms with E-state index in [1.807, 2.05) is 32.1 Å². The van der Waals surface area contributed by atoms with Gasteiger partial charge >= 0.3 is 0 Å². The van der Waals surface area contributed by atoms with Gasteiger partial charge in [-0.25, -0.2) is 0 Å². The number of hydrogen-bond acceptors (Lipinski definition) is 5. The second-order valence-electron chi connectivity index (χ2n) is 7.71. The number of hydrogen-bond donors (Lipinski definition) is 1. The second kappa shape index (κ2) is 9.59. The van der Waals surface area contributed by atoms with E-state index in [2.05, 4.69) is 18.7 Å². The normalized spacial score (nSPS) is 32.0. The van der Waals surface area contributed by atoms with Crippen LogP contribution in [0, 0.1) is 5.92 Å². The third-order valence-corrected chi connectivity index (χ3v) is 5.76. The molecule has 4 rings (SSSR count). The lowest BCUT2D eigenvalue weighted by molar-refractivity contribution is 0.0504. The minimum absolute atomic E-state index is 0.165. The molecule has 0 aromatic rings. The molecule has 1 unspecified atom stereocenters. The van der Waals surface area contributed by atoms with Crippen molar-refractivity contribution < 1.29 is 18.9 Å². The number of rotatable bonds is 5. The maximum Gasteiger partial charge on any atom is 0.122 e. The van der Waals surface area contributed by atoms with E-state index in [4.69, 9.17) is 24.7 Å². The molecule has 0 amide bonds. The Morgan fingerprint density at radius 2 is 1.93 bits per heavy atom. The first kappa shape index (κ1) is 20.9. The topological polar surface area (TPSA) is 62.9 Å². The Balaban J connectivity index is 0.000000211. The fourth-order valence-electron chi connectivity index (χ4n) is 4.02. The summed E-state index contributed by atoms with van der Waals surface area (Å²) in [6, 6.07) is 0. The van der Waals surface area contributed by atoms with Gasteiger partial charge in [-0.05, 0) is 37.5 Å². The largest absolute Gasteiger partial charge is 0.498 e. The zero-order valence-electron chi connectivity index (χ0n) is 17.1. The lowest BCUT2D eigenvalue weighted by Gasteiger charge is -2.20. The molecule has 4 aliphatic heterocycles. The summed E-state index contributed by atoms with van der Waals surface area (Å²) in [5.41, 5.74) is 8.53. The Labute approximate surface area is 168 Å². The first-order valence-electron chi connectivity index (χ1n) is 10.2. The number of nitrogens with two attached hydrogens (primary N) is 1. The molecular formula is C23H33NO4. The average molecular weight is 388 g/mol. The van der Waals surface area contributed by atoms with Gasteiger partial charge in [-0.15, -0.1) is 0 Å². The monoisotopic (exact) mass is 387 g/mol. The van der Waals surface area contributed by atoms with E-state index < -0.39 is 0 Å². The lowest BCUT2D eigenvalue weighted by Crippen LogP contribution is -2.47. The van der Waals surface area contributed by atoms with Crippen molar-refractivity contribution in [3.63, 3.8) is 0 Å². The summed E-state index contributed by atoms with van der Waals surface area (Å²) < 4.78 is 22.1. The SMILES string of the molecule is C/C=C\C1=C(C)OCC1.C=CC1=C(/C=C\CC2OC[C@]3(N)COC[C@H]23)OCC1. The molecule has 0 aromatic heterocycles. The molecule has 0 aromatic carbocycles. The maximum absolute atomic E-state index is 6.27. The minimum Gasteiger partial charge on any atom is -0.498 e. The van der Waals surface area contributed by atoms with Crippen molar-refractivity contribution in [2.75, 3.05) is 33.0 Å². The van der Waals surface area contributed by atoms with Crippen LogP contribution in [0.4, 0.5) is 0 Å². The smallest absolute Gasteiger partial charge is 0.122 e. The van der Waals surface area contributed by atoms with E-state index in [0.717, 1.165) is 44.0 Å². The Bertz CT molecular complexity index is 691. The molecule has 4 aliphatic rings. The first-order chi connectivity index (χ1) is 13.6. The van der Waals surface area contributed by atoms with Crippen LogP contribution in [0.2, 0.25) is 0 Å². The van der Waals surface area contributed by atoms with Crippen LogP contribution in [0.1, 0.15) is 33.1 Å². The summed E-state index contributed by atoms with van der Waals surface area (Å²) in [4.78, 5) is 0. The summed E-state index contributed by atoms with van der Waals surface area (Å²) in [5, 5.41) is 0. The average Bonchev–Trinajstić information content (AvgIpc) is 3.44. The summed E-state index contributed by atoms with van der Waals surface area (Å²) in [6.45, 7) is 11.4. The Morgan fingerprint density at radius 1 is 1.14 bits per heavy atom. The molecule has 28 heavy (non-hydrogen) atoms. The summed E-state index contributed by atoms with van der Waals surface area (Å²) in [6.07, 6.45) is 13.2. The Kier molecular flexibility index (Phi) is 7.16. The lowest BCUT2D eigenvalue weighted by atomic mass is 9.86. The Morgan fingerprint density at radius 3 is 2.64 bits per heavy atom. The molecule has 2 fully saturated rings. The van der Waals surface area contributed by atoms with Crippen LogP contribution >= 0.6 is 0 Å². The predicted octanol–water partition coefficient (Wildman–Crippen LogP) is 3.79. The van der Waals surface area contributed by atoms with Gasteiger partial charge in [0, 0.05) is 18.8 Å². The van der Waals surface area contributed by atoms with Crippen molar-refractivity contribution in [1.82, 2.24) is 0 Å². The van der Waals surface area contributed by atoms with Crippen molar-refractivity contribution >= 4 is 0 Å². The van der Waals surface area contributed by atoms with E-state index in [-0.39, 0.29) is 11.6 Å². The van der Waals surface area contributed by atoms with Gasteiger partial charge in [-0.3, -0.25) is 0 Å². The van der Waals surface area contributed by atoms with Crippen molar-refractivity contribution in [1.29, 1.82) is 0 Å². The van der Waals surface area contributed by atoms with E-state index >= 15 is 0 Å². The van der Waals surface area contributed by atoms with Gasteiger partial charge in [0.15, 0.2) is 0 Å². The van der Waals surface area contributed by atoms with Crippen LogP contribution in [0.15, 0.2) is 59.6 Å². The van der Waals surface area contributed by atoms with Gasteiger partial charge in [-0.2, -0.15) is 0 Å². The van der Waals surface area contributed by atoms with Crippen LogP contribution in [0.25, 0.3) is 0 Å². The summed E-state index contributed by atoms with van der Waals surface area (Å²) in [5.74, 6) is 2.34. The van der Waals surface area contributed by atoms with Crippen molar-refractivity contribution in [2.24, 2.45) is 11.7 Å². The van der Waals surface area contributed by atoms with Crippen molar-refractivity contribution in [2.45, 2.75) is 44.8 Å². The van der Waals surface area contributed by atoms with Crippen LogP contribution in [-0.2, 0) is 18.9 Å². The van der Waals surface area contributed by atoms with Gasteiger partial charge in [0.2, 0.25) is 0 Å². The molecule has 0 spiro atoms. The van der Waals surface area contributed by atoms with Gasteiger partial charge in [-0.1, -0.05) is 30.9 Å². The second-order valence-corrected chi connectivity index (χ2v) is 7.71. The molecular weight excluding hydrogens is 354 g/mol. The predicted molar refractivity (Wildman–Crippen MR) is 111 cm³/mol. The standard InChI is InChI=1S/C15H21NO3.C8H12O/c1-2-11-6-7-18-13(11)4-3-5-14-12-8-17-9-15(12,16)10-19-14;1-3-4-8-5-6-9-7(8)2/h2-4,12,14H,1,5-10,16H2;3-4H,5-6H2,1-2H3/b2*4-3-/t12-,14?,15-;/m1./s1. The molecule has 4 heterocycles. The Hall–Kier alpha value is -1.82. The van der Waals surface area contributed by atoms with E-state index in [0.29, 0.717) is 25.7 Å². The zero-order valence-corrected chi connectivity index (χ0v) is 17.1. The highest BCUT2D eigenvalue weighted by molar-refractivity contribution is 5.30. The van der Waals surface area contributed by atoms with Crippen LogP contribution in [0.3, 0.4) is 0 Å². The third kappa shape index (κ3) is 4.77. The molecule has 5 heteroatoms. The maximum atomic E-state index is 6.27. The highest BCUT2D eigenvalue weighted by Crippen LogP contribution is 2.36. The molecule has 5 nitrogen and oxygen atoms in total. The highest BCUT2D eigenvalue weighted by atomic mass is 16.5. The van der Waals surface area contributed by atoms with Gasteiger partial charge in [0.1, 0.15) is 5.76 Å². The van der Waals surface area contributed by atoms with Crippen LogP contribution in [0.5, 0.6) is 0 Å². The van der Waals surface area contributed by atoms with E-state index in [1.54, 1.807) is 0 Å². The van der Waals surface area contributed by atoms with Gasteiger partial charge in [0.25, 0.3) is 0 Å². The zero-order chi connectivity index (χ0) is 20.0. The van der Waals surface area contributed by atoms with Gasteiger partial charge < -0.3 is 24.7 Å². The summed E-state index contributed by atoms with van der Waals surface area (Å²) >= 11 is 0. The molecule has 0 bridgehead atoms. The molecule has 0 radical (unpaired) electrons. The molecule has 2 saturated heterocycles. The van der Waals surface area contributed by atoms with Crippen LogP contribution in [-0.4, -0.2) is 44.7 Å². The van der Waals surface area contributed by atoms with E-state index in [9.17, 15) is 0 Å². The number of ether oxygens (including phenoxy) is 4. The highest BCUT2D eigenvalue weighted by Gasteiger charge is 2.50. The third-order valence-electron chi connectivity index (χ3n) is 5.76. The quantitative estimate of drug-likeness (QED) is 0.778. The minimum atomic E-state index is -0.270. The van der Waals surface area contributed by atoms with Gasteiger partial charge in [0.05, 0.1) is 50.4 Å². The van der Waals surface area contributed by atoms with Crippen LogP contribution < -0.4 is 5.73 Å². The molecule has 3 atom stereocenters.